The smallest absolute Gasteiger partial charge is 0.314 e. The molecule has 3 N–H and O–H groups in total. The van der Waals surface area contributed by atoms with Gasteiger partial charge in [-0.25, -0.2) is 9.18 Å². The molecule has 4 nitrogen and oxygen atoms in total. The van der Waals surface area contributed by atoms with Gasteiger partial charge in [0.1, 0.15) is 5.82 Å². The second-order valence-electron chi connectivity index (χ2n) is 6.39. The molecule has 3 rings (SSSR count). The normalized spacial score (nSPS) is 16.1. The molecular weight excluding hydrogens is 343 g/mol. The Morgan fingerprint density at radius 2 is 1.84 bits per heavy atom. The summed E-state index contributed by atoms with van der Waals surface area (Å²) < 4.78 is 13.9. The van der Waals surface area contributed by atoms with E-state index in [-0.39, 0.29) is 23.8 Å². The first-order valence-electron chi connectivity index (χ1n) is 8.20. The van der Waals surface area contributed by atoms with Gasteiger partial charge in [-0.3, -0.25) is 0 Å². The van der Waals surface area contributed by atoms with Crippen LogP contribution in [0.5, 0.6) is 0 Å². The summed E-state index contributed by atoms with van der Waals surface area (Å²) in [5, 5.41) is 16.1. The van der Waals surface area contributed by atoms with E-state index in [1.54, 1.807) is 42.5 Å². The Morgan fingerprint density at radius 1 is 1.16 bits per heavy atom. The number of carbonyl (C=O) groups excluding carboxylic acids is 1. The second kappa shape index (κ2) is 7.42. The average Bonchev–Trinajstić information content (AvgIpc) is 3.40. The van der Waals surface area contributed by atoms with E-state index in [0.29, 0.717) is 22.7 Å². The fourth-order valence-corrected chi connectivity index (χ4v) is 3.01. The number of halogens is 2. The van der Waals surface area contributed by atoms with Gasteiger partial charge in [0, 0.05) is 23.5 Å². The van der Waals surface area contributed by atoms with Crippen molar-refractivity contribution in [1.29, 1.82) is 0 Å². The molecule has 0 spiro atoms. The van der Waals surface area contributed by atoms with Crippen LogP contribution >= 0.6 is 11.6 Å². The molecule has 25 heavy (non-hydrogen) atoms. The Labute approximate surface area is 151 Å². The van der Waals surface area contributed by atoms with Crippen LogP contribution in [0, 0.1) is 5.82 Å². The number of carbonyl (C=O) groups is 1. The summed E-state index contributed by atoms with van der Waals surface area (Å²) in [4.78, 5) is 12.0. The van der Waals surface area contributed by atoms with Crippen molar-refractivity contribution in [2.45, 2.75) is 24.4 Å². The van der Waals surface area contributed by atoms with Gasteiger partial charge >= 0.3 is 6.03 Å². The summed E-state index contributed by atoms with van der Waals surface area (Å²) in [7, 11) is 0. The van der Waals surface area contributed by atoms with Gasteiger partial charge in [0.15, 0.2) is 0 Å². The highest BCUT2D eigenvalue weighted by atomic mass is 35.5. The Kier molecular flexibility index (Phi) is 5.25. The molecule has 1 aliphatic rings. The van der Waals surface area contributed by atoms with E-state index >= 15 is 0 Å². The second-order valence-corrected chi connectivity index (χ2v) is 6.83. The zero-order chi connectivity index (χ0) is 17.9. The SMILES string of the molecule is O=C(NCC(O)c1ccc(Cl)cc1)NCC1(c2ccccc2F)CC1. The van der Waals surface area contributed by atoms with Crippen molar-refractivity contribution in [2.24, 2.45) is 0 Å². The zero-order valence-electron chi connectivity index (χ0n) is 13.6. The molecule has 1 fully saturated rings. The molecule has 0 saturated heterocycles. The Balaban J connectivity index is 1.48. The highest BCUT2D eigenvalue weighted by Gasteiger charge is 2.45. The third kappa shape index (κ3) is 4.30. The maximum absolute atomic E-state index is 13.9. The lowest BCUT2D eigenvalue weighted by Crippen LogP contribution is -2.41. The highest BCUT2D eigenvalue weighted by molar-refractivity contribution is 6.30. The topological polar surface area (TPSA) is 61.4 Å². The van der Waals surface area contributed by atoms with E-state index in [1.807, 2.05) is 0 Å². The van der Waals surface area contributed by atoms with E-state index in [0.717, 1.165) is 12.8 Å². The highest BCUT2D eigenvalue weighted by Crippen LogP contribution is 2.48. The third-order valence-corrected chi connectivity index (χ3v) is 4.85. The lowest BCUT2D eigenvalue weighted by molar-refractivity contribution is 0.173. The molecule has 1 unspecified atom stereocenters. The molecule has 0 heterocycles. The third-order valence-electron chi connectivity index (χ3n) is 4.60. The summed E-state index contributed by atoms with van der Waals surface area (Å²) in [6.07, 6.45) is 0.882. The van der Waals surface area contributed by atoms with Crippen LogP contribution in [0.25, 0.3) is 0 Å². The molecule has 2 aromatic rings. The predicted octanol–water partition coefficient (Wildman–Crippen LogP) is 3.54. The molecule has 0 radical (unpaired) electrons. The lowest BCUT2D eigenvalue weighted by Gasteiger charge is -2.18. The zero-order valence-corrected chi connectivity index (χ0v) is 14.4. The summed E-state index contributed by atoms with van der Waals surface area (Å²) in [5.41, 5.74) is 1.02. The van der Waals surface area contributed by atoms with E-state index in [1.165, 1.54) is 6.07 Å². The lowest BCUT2D eigenvalue weighted by atomic mass is 9.95. The molecule has 132 valence electrons. The van der Waals surface area contributed by atoms with Gasteiger partial charge in [0.05, 0.1) is 6.10 Å². The summed E-state index contributed by atoms with van der Waals surface area (Å²) in [6.45, 7) is 0.455. The van der Waals surface area contributed by atoms with Gasteiger partial charge in [0.2, 0.25) is 0 Å². The van der Waals surface area contributed by atoms with Crippen molar-refractivity contribution in [3.8, 4) is 0 Å². The van der Waals surface area contributed by atoms with Gasteiger partial charge in [-0.05, 0) is 42.2 Å². The molecule has 0 aliphatic heterocycles. The minimum absolute atomic E-state index is 0.0835. The van der Waals surface area contributed by atoms with Crippen molar-refractivity contribution < 1.29 is 14.3 Å². The van der Waals surface area contributed by atoms with Crippen LogP contribution in [0.15, 0.2) is 48.5 Å². The Hall–Kier alpha value is -2.11. The Morgan fingerprint density at radius 3 is 2.48 bits per heavy atom. The van der Waals surface area contributed by atoms with Crippen molar-refractivity contribution in [1.82, 2.24) is 10.6 Å². The average molecular weight is 363 g/mol. The molecule has 0 aromatic heterocycles. The van der Waals surface area contributed by atoms with Crippen LogP contribution in [0.3, 0.4) is 0 Å². The van der Waals surface area contributed by atoms with Crippen LogP contribution < -0.4 is 10.6 Å². The maximum atomic E-state index is 13.9. The number of hydrogen-bond donors (Lipinski definition) is 3. The standard InChI is InChI=1S/C19H20ClFN2O2/c20-14-7-5-13(6-8-14)17(24)11-22-18(25)23-12-19(9-10-19)15-3-1-2-4-16(15)21/h1-8,17,24H,9-12H2,(H2,22,23,25). The number of hydrogen-bond acceptors (Lipinski definition) is 2. The van der Waals surface area contributed by atoms with E-state index in [9.17, 15) is 14.3 Å². The minimum Gasteiger partial charge on any atom is -0.387 e. The maximum Gasteiger partial charge on any atom is 0.314 e. The summed E-state index contributed by atoms with van der Waals surface area (Å²) >= 11 is 5.81. The molecule has 2 amide bonds. The first-order chi connectivity index (χ1) is 12.0. The largest absolute Gasteiger partial charge is 0.387 e. The fourth-order valence-electron chi connectivity index (χ4n) is 2.89. The van der Waals surface area contributed by atoms with Crippen LogP contribution in [-0.4, -0.2) is 24.2 Å². The van der Waals surface area contributed by atoms with E-state index < -0.39 is 6.10 Å². The van der Waals surface area contributed by atoms with Gasteiger partial charge in [0.25, 0.3) is 0 Å². The van der Waals surface area contributed by atoms with E-state index in [2.05, 4.69) is 10.6 Å². The molecule has 1 saturated carbocycles. The van der Waals surface area contributed by atoms with Gasteiger partial charge in [-0.2, -0.15) is 0 Å². The molecule has 2 aromatic carbocycles. The Bertz CT molecular complexity index is 747. The van der Waals surface area contributed by atoms with Gasteiger partial charge in [-0.1, -0.05) is 41.9 Å². The number of benzene rings is 2. The summed E-state index contributed by atoms with van der Waals surface area (Å²) in [5.74, 6) is -0.236. The van der Waals surface area contributed by atoms with Gasteiger partial charge in [-0.15, -0.1) is 0 Å². The number of nitrogens with one attached hydrogen (secondary N) is 2. The van der Waals surface area contributed by atoms with Gasteiger partial charge < -0.3 is 15.7 Å². The van der Waals surface area contributed by atoms with Crippen LogP contribution in [0.2, 0.25) is 5.02 Å². The molecule has 0 bridgehead atoms. The predicted molar refractivity (Wildman–Crippen MR) is 95.1 cm³/mol. The quantitative estimate of drug-likeness (QED) is 0.736. The number of aliphatic hydroxyl groups excluding tert-OH is 1. The van der Waals surface area contributed by atoms with Crippen LogP contribution in [0.4, 0.5) is 9.18 Å². The molecule has 1 atom stereocenters. The first kappa shape index (κ1) is 17.7. The first-order valence-corrected chi connectivity index (χ1v) is 8.58. The van der Waals surface area contributed by atoms with Crippen molar-refractivity contribution in [2.75, 3.05) is 13.1 Å². The van der Waals surface area contributed by atoms with Crippen molar-refractivity contribution in [3.05, 3.63) is 70.5 Å². The molecular formula is C19H20ClFN2O2. The fraction of sp³-hybridized carbons (Fsp3) is 0.316. The number of urea groups is 1. The summed E-state index contributed by atoms with van der Waals surface area (Å²) in [6, 6.07) is 13.1. The minimum atomic E-state index is -0.815. The van der Waals surface area contributed by atoms with Crippen LogP contribution in [0.1, 0.15) is 30.1 Å². The van der Waals surface area contributed by atoms with Crippen molar-refractivity contribution >= 4 is 17.6 Å². The molecule has 1 aliphatic carbocycles. The molecule has 6 heteroatoms. The monoisotopic (exact) mass is 362 g/mol. The van der Waals surface area contributed by atoms with Crippen molar-refractivity contribution in [3.63, 3.8) is 0 Å². The number of rotatable bonds is 6. The number of aliphatic hydroxyl groups is 1. The van der Waals surface area contributed by atoms with E-state index in [4.69, 9.17) is 11.6 Å². The van der Waals surface area contributed by atoms with Crippen LogP contribution in [-0.2, 0) is 5.41 Å². The number of amides is 2.